The molecule has 0 bridgehead atoms. The number of hydrogen-bond acceptors (Lipinski definition) is 4. The molecule has 0 amide bonds. The van der Waals surface area contributed by atoms with E-state index in [1.165, 1.54) is 0 Å². The number of aliphatic carboxylic acids is 1. The molecule has 0 saturated carbocycles. The van der Waals surface area contributed by atoms with Crippen LogP contribution in [0.3, 0.4) is 0 Å². The standard InChI is InChI=1S/C13H24N4O2/c1-4-12(13(18)19)15-11-9-14-17(10-11)8-7-16(5-2)6-3/h9-10,12,15H,4-8H2,1-3H3,(H,18,19). The molecule has 0 spiro atoms. The minimum atomic E-state index is -0.835. The number of carbonyl (C=O) groups is 1. The fourth-order valence-electron chi connectivity index (χ4n) is 1.88. The molecule has 0 fully saturated rings. The van der Waals surface area contributed by atoms with Gasteiger partial charge in [0.05, 0.1) is 18.4 Å². The van der Waals surface area contributed by atoms with Crippen LogP contribution in [0.1, 0.15) is 27.2 Å². The fraction of sp³-hybridized carbons (Fsp3) is 0.692. The van der Waals surface area contributed by atoms with E-state index < -0.39 is 12.0 Å². The number of hydrogen-bond donors (Lipinski definition) is 2. The van der Waals surface area contributed by atoms with Crippen LogP contribution in [0, 0.1) is 0 Å². The molecule has 6 nitrogen and oxygen atoms in total. The van der Waals surface area contributed by atoms with Gasteiger partial charge in [0.25, 0.3) is 0 Å². The summed E-state index contributed by atoms with van der Waals surface area (Å²) in [4.78, 5) is 13.3. The lowest BCUT2D eigenvalue weighted by molar-refractivity contribution is -0.137. The average Bonchev–Trinajstić information content (AvgIpc) is 2.84. The Kier molecular flexibility index (Phi) is 6.35. The Morgan fingerprint density at radius 1 is 1.47 bits per heavy atom. The van der Waals surface area contributed by atoms with Crippen LogP contribution >= 0.6 is 0 Å². The first-order valence-electron chi connectivity index (χ1n) is 6.84. The Balaban J connectivity index is 2.50. The van der Waals surface area contributed by atoms with E-state index in [9.17, 15) is 4.79 Å². The summed E-state index contributed by atoms with van der Waals surface area (Å²) in [5.41, 5.74) is 0.758. The molecule has 0 aliphatic rings. The van der Waals surface area contributed by atoms with Crippen LogP contribution in [-0.2, 0) is 11.3 Å². The first-order chi connectivity index (χ1) is 9.10. The van der Waals surface area contributed by atoms with E-state index in [-0.39, 0.29) is 0 Å². The second kappa shape index (κ2) is 7.78. The summed E-state index contributed by atoms with van der Waals surface area (Å²) in [6.45, 7) is 9.93. The lowest BCUT2D eigenvalue weighted by Gasteiger charge is -2.17. The number of anilines is 1. The fourth-order valence-corrected chi connectivity index (χ4v) is 1.88. The monoisotopic (exact) mass is 268 g/mol. The van der Waals surface area contributed by atoms with E-state index in [4.69, 9.17) is 5.11 Å². The Morgan fingerprint density at radius 2 is 2.16 bits per heavy atom. The molecule has 1 atom stereocenters. The topological polar surface area (TPSA) is 70.4 Å². The molecule has 1 rings (SSSR count). The van der Waals surface area contributed by atoms with Gasteiger partial charge in [0.1, 0.15) is 6.04 Å². The average molecular weight is 268 g/mol. The van der Waals surface area contributed by atoms with Gasteiger partial charge in [-0.05, 0) is 19.5 Å². The van der Waals surface area contributed by atoms with Crippen LogP contribution in [0.25, 0.3) is 0 Å². The first-order valence-corrected chi connectivity index (χ1v) is 6.84. The number of aromatic nitrogens is 2. The summed E-state index contributed by atoms with van der Waals surface area (Å²) in [6.07, 6.45) is 4.07. The second-order valence-electron chi connectivity index (χ2n) is 4.46. The van der Waals surface area contributed by atoms with Crippen LogP contribution in [0.15, 0.2) is 12.4 Å². The van der Waals surface area contributed by atoms with Crippen molar-refractivity contribution in [2.24, 2.45) is 0 Å². The largest absolute Gasteiger partial charge is 0.480 e. The molecule has 0 radical (unpaired) electrons. The van der Waals surface area contributed by atoms with Gasteiger partial charge in [-0.25, -0.2) is 4.79 Å². The number of rotatable bonds is 9. The van der Waals surface area contributed by atoms with Crippen molar-refractivity contribution in [1.82, 2.24) is 14.7 Å². The van der Waals surface area contributed by atoms with Gasteiger partial charge in [0.2, 0.25) is 0 Å². The van der Waals surface area contributed by atoms with Crippen molar-refractivity contribution in [2.75, 3.05) is 25.0 Å². The highest BCUT2D eigenvalue weighted by molar-refractivity contribution is 5.76. The van der Waals surface area contributed by atoms with Crippen LogP contribution < -0.4 is 5.32 Å². The van der Waals surface area contributed by atoms with E-state index in [1.807, 2.05) is 17.8 Å². The highest BCUT2D eigenvalue weighted by atomic mass is 16.4. The second-order valence-corrected chi connectivity index (χ2v) is 4.46. The van der Waals surface area contributed by atoms with Crippen molar-refractivity contribution in [3.8, 4) is 0 Å². The maximum atomic E-state index is 10.9. The van der Waals surface area contributed by atoms with E-state index in [1.54, 1.807) is 6.20 Å². The summed E-state index contributed by atoms with van der Waals surface area (Å²) in [7, 11) is 0. The van der Waals surface area contributed by atoms with E-state index >= 15 is 0 Å². The zero-order valence-electron chi connectivity index (χ0n) is 12.0. The Hall–Kier alpha value is -1.56. The number of likely N-dealkylation sites (N-methyl/N-ethyl adjacent to an activating group) is 1. The summed E-state index contributed by atoms with van der Waals surface area (Å²) in [6, 6.07) is -0.555. The normalized spacial score (nSPS) is 12.6. The molecular weight excluding hydrogens is 244 g/mol. The molecule has 0 aliphatic heterocycles. The zero-order chi connectivity index (χ0) is 14.3. The minimum Gasteiger partial charge on any atom is -0.480 e. The van der Waals surface area contributed by atoms with Crippen LogP contribution in [-0.4, -0.2) is 51.4 Å². The smallest absolute Gasteiger partial charge is 0.326 e. The molecule has 0 aromatic carbocycles. The molecule has 19 heavy (non-hydrogen) atoms. The Bertz CT molecular complexity index is 388. The van der Waals surface area contributed by atoms with E-state index in [0.717, 1.165) is 31.9 Å². The highest BCUT2D eigenvalue weighted by Gasteiger charge is 2.15. The molecule has 0 aliphatic carbocycles. The van der Waals surface area contributed by atoms with Gasteiger partial charge in [0.15, 0.2) is 0 Å². The summed E-state index contributed by atoms with van der Waals surface area (Å²) in [5.74, 6) is -0.835. The van der Waals surface area contributed by atoms with Crippen molar-refractivity contribution < 1.29 is 9.90 Å². The minimum absolute atomic E-state index is 0.542. The first kappa shape index (κ1) is 15.5. The molecule has 1 unspecified atom stereocenters. The molecular formula is C13H24N4O2. The predicted molar refractivity (Wildman–Crippen MR) is 75.4 cm³/mol. The van der Waals surface area contributed by atoms with Gasteiger partial charge in [-0.3, -0.25) is 4.68 Å². The van der Waals surface area contributed by atoms with Crippen molar-refractivity contribution in [2.45, 2.75) is 39.8 Å². The maximum absolute atomic E-state index is 10.9. The molecule has 2 N–H and O–H groups in total. The number of carboxylic acids is 1. The Morgan fingerprint density at radius 3 is 2.68 bits per heavy atom. The van der Waals surface area contributed by atoms with E-state index in [2.05, 4.69) is 29.2 Å². The van der Waals surface area contributed by atoms with Crippen LogP contribution in [0.4, 0.5) is 5.69 Å². The molecule has 1 aromatic heterocycles. The third-order valence-corrected chi connectivity index (χ3v) is 3.22. The molecule has 0 saturated heterocycles. The van der Waals surface area contributed by atoms with Crippen molar-refractivity contribution in [3.63, 3.8) is 0 Å². The Labute approximate surface area is 114 Å². The SMILES string of the molecule is CCC(Nc1cnn(CCN(CC)CC)c1)C(=O)O. The maximum Gasteiger partial charge on any atom is 0.326 e. The third kappa shape index (κ3) is 4.90. The summed E-state index contributed by atoms with van der Waals surface area (Å²) < 4.78 is 1.84. The summed E-state index contributed by atoms with van der Waals surface area (Å²) >= 11 is 0. The van der Waals surface area contributed by atoms with Crippen LogP contribution in [0.5, 0.6) is 0 Å². The van der Waals surface area contributed by atoms with Gasteiger partial charge in [-0.15, -0.1) is 0 Å². The summed E-state index contributed by atoms with van der Waals surface area (Å²) in [5, 5.41) is 16.2. The van der Waals surface area contributed by atoms with Gasteiger partial charge in [0, 0.05) is 12.7 Å². The molecule has 108 valence electrons. The van der Waals surface area contributed by atoms with Gasteiger partial charge < -0.3 is 15.3 Å². The lowest BCUT2D eigenvalue weighted by Crippen LogP contribution is -2.28. The third-order valence-electron chi connectivity index (χ3n) is 3.22. The number of nitrogens with one attached hydrogen (secondary N) is 1. The quantitative estimate of drug-likeness (QED) is 0.710. The lowest BCUT2D eigenvalue weighted by atomic mass is 10.2. The van der Waals surface area contributed by atoms with Crippen molar-refractivity contribution >= 4 is 11.7 Å². The number of carboxylic acid groups (broad SMARTS) is 1. The molecule has 1 heterocycles. The molecule has 1 aromatic rings. The van der Waals surface area contributed by atoms with Gasteiger partial charge >= 0.3 is 5.97 Å². The van der Waals surface area contributed by atoms with Gasteiger partial charge in [-0.1, -0.05) is 20.8 Å². The number of nitrogens with zero attached hydrogens (tertiary/aromatic N) is 3. The van der Waals surface area contributed by atoms with Crippen molar-refractivity contribution in [1.29, 1.82) is 0 Å². The van der Waals surface area contributed by atoms with E-state index in [0.29, 0.717) is 6.42 Å². The highest BCUT2D eigenvalue weighted by Crippen LogP contribution is 2.09. The van der Waals surface area contributed by atoms with Gasteiger partial charge in [-0.2, -0.15) is 5.10 Å². The molecule has 6 heteroatoms. The van der Waals surface area contributed by atoms with Crippen LogP contribution in [0.2, 0.25) is 0 Å². The van der Waals surface area contributed by atoms with Crippen molar-refractivity contribution in [3.05, 3.63) is 12.4 Å². The predicted octanol–water partition coefficient (Wildman–Crippen LogP) is 1.50. The zero-order valence-corrected chi connectivity index (χ0v) is 12.0.